The second kappa shape index (κ2) is 7.27. The van der Waals surface area contributed by atoms with Gasteiger partial charge >= 0.3 is 5.97 Å². The van der Waals surface area contributed by atoms with Gasteiger partial charge in [-0.3, -0.25) is 9.59 Å². The third kappa shape index (κ3) is 5.68. The van der Waals surface area contributed by atoms with E-state index in [2.05, 4.69) is 5.32 Å². The van der Waals surface area contributed by atoms with Gasteiger partial charge in [-0.25, -0.2) is 0 Å². The Labute approximate surface area is 103 Å². The van der Waals surface area contributed by atoms with Crippen molar-refractivity contribution >= 4 is 11.9 Å². The number of rotatable bonds is 8. The summed E-state index contributed by atoms with van der Waals surface area (Å²) in [5.74, 6) is -0.809. The van der Waals surface area contributed by atoms with Gasteiger partial charge in [-0.15, -0.1) is 0 Å². The summed E-state index contributed by atoms with van der Waals surface area (Å²) in [7, 11) is 0. The highest BCUT2D eigenvalue weighted by molar-refractivity contribution is 5.85. The fourth-order valence-corrected chi connectivity index (χ4v) is 1.49. The first kappa shape index (κ1) is 15.9. The van der Waals surface area contributed by atoms with Crippen molar-refractivity contribution in [3.8, 4) is 0 Å². The van der Waals surface area contributed by atoms with Crippen LogP contribution < -0.4 is 11.1 Å². The van der Waals surface area contributed by atoms with E-state index in [0.29, 0.717) is 25.8 Å². The molecule has 1 amide bonds. The summed E-state index contributed by atoms with van der Waals surface area (Å²) in [4.78, 5) is 22.2. The minimum Gasteiger partial charge on any atom is -0.481 e. The Morgan fingerprint density at radius 3 is 2.29 bits per heavy atom. The van der Waals surface area contributed by atoms with Crippen molar-refractivity contribution in [2.24, 2.45) is 11.7 Å². The van der Waals surface area contributed by atoms with Gasteiger partial charge < -0.3 is 16.2 Å². The molecular formula is C12H24N2O3. The Kier molecular flexibility index (Phi) is 6.80. The van der Waals surface area contributed by atoms with Crippen molar-refractivity contribution in [1.29, 1.82) is 0 Å². The number of nitrogens with one attached hydrogen (secondary N) is 1. The van der Waals surface area contributed by atoms with Crippen molar-refractivity contribution in [2.45, 2.75) is 52.0 Å². The molecule has 17 heavy (non-hydrogen) atoms. The Balaban J connectivity index is 4.02. The highest BCUT2D eigenvalue weighted by atomic mass is 16.4. The number of carbonyl (C=O) groups is 2. The molecule has 0 bridgehead atoms. The van der Waals surface area contributed by atoms with Crippen LogP contribution in [0.25, 0.3) is 0 Å². The van der Waals surface area contributed by atoms with E-state index in [1.54, 1.807) is 0 Å². The second-order valence-electron chi connectivity index (χ2n) is 4.61. The number of hydrogen-bond donors (Lipinski definition) is 3. The number of carbonyl (C=O) groups excluding carboxylic acids is 1. The van der Waals surface area contributed by atoms with Gasteiger partial charge in [0.25, 0.3) is 0 Å². The van der Waals surface area contributed by atoms with Crippen LogP contribution in [0.3, 0.4) is 0 Å². The first-order valence-electron chi connectivity index (χ1n) is 6.14. The first-order chi connectivity index (χ1) is 7.85. The standard InChI is InChI=1S/C12H24N2O3/c1-4-12(13,5-2)11(17)14-8-9(3)6-7-10(15)16/h9H,4-8,13H2,1-3H3,(H,14,17)(H,15,16). The van der Waals surface area contributed by atoms with Crippen molar-refractivity contribution in [3.05, 3.63) is 0 Å². The molecule has 0 aromatic heterocycles. The lowest BCUT2D eigenvalue weighted by Crippen LogP contribution is -2.53. The maximum atomic E-state index is 11.8. The summed E-state index contributed by atoms with van der Waals surface area (Å²) in [6, 6.07) is 0. The van der Waals surface area contributed by atoms with Crippen LogP contribution >= 0.6 is 0 Å². The van der Waals surface area contributed by atoms with Crippen LogP contribution in [0, 0.1) is 5.92 Å². The summed E-state index contributed by atoms with van der Waals surface area (Å²) in [5.41, 5.74) is 5.14. The molecule has 0 aliphatic rings. The molecule has 0 heterocycles. The number of nitrogens with two attached hydrogens (primary N) is 1. The molecule has 0 spiro atoms. The van der Waals surface area contributed by atoms with Gasteiger partial charge in [0.05, 0.1) is 5.54 Å². The molecule has 0 aromatic carbocycles. The van der Waals surface area contributed by atoms with Gasteiger partial charge in [0.1, 0.15) is 0 Å². The minimum absolute atomic E-state index is 0.131. The molecule has 4 N–H and O–H groups in total. The van der Waals surface area contributed by atoms with Crippen LogP contribution in [0.15, 0.2) is 0 Å². The molecule has 0 saturated heterocycles. The monoisotopic (exact) mass is 244 g/mol. The second-order valence-corrected chi connectivity index (χ2v) is 4.61. The van der Waals surface area contributed by atoms with E-state index in [0.717, 1.165) is 0 Å². The summed E-state index contributed by atoms with van der Waals surface area (Å²) >= 11 is 0. The lowest BCUT2D eigenvalue weighted by atomic mass is 9.93. The summed E-state index contributed by atoms with van der Waals surface area (Å²) in [6.07, 6.45) is 1.88. The molecule has 0 radical (unpaired) electrons. The van der Waals surface area contributed by atoms with Crippen molar-refractivity contribution in [1.82, 2.24) is 5.32 Å². The molecule has 5 nitrogen and oxygen atoms in total. The predicted octanol–water partition coefficient (Wildman–Crippen LogP) is 1.12. The molecule has 100 valence electrons. The van der Waals surface area contributed by atoms with Crippen molar-refractivity contribution in [2.75, 3.05) is 6.54 Å². The molecule has 0 aromatic rings. The van der Waals surface area contributed by atoms with Gasteiger partial charge in [-0.2, -0.15) is 0 Å². The zero-order valence-corrected chi connectivity index (χ0v) is 11.0. The van der Waals surface area contributed by atoms with E-state index in [-0.39, 0.29) is 18.2 Å². The lowest BCUT2D eigenvalue weighted by Gasteiger charge is -2.26. The van der Waals surface area contributed by atoms with Gasteiger partial charge in [0.2, 0.25) is 5.91 Å². The van der Waals surface area contributed by atoms with Crippen molar-refractivity contribution < 1.29 is 14.7 Å². The Morgan fingerprint density at radius 1 is 1.35 bits per heavy atom. The van der Waals surface area contributed by atoms with Gasteiger partial charge in [-0.05, 0) is 25.2 Å². The molecule has 1 unspecified atom stereocenters. The number of hydrogen-bond acceptors (Lipinski definition) is 3. The zero-order valence-electron chi connectivity index (χ0n) is 11.0. The van der Waals surface area contributed by atoms with Crippen LogP contribution in [-0.2, 0) is 9.59 Å². The Hall–Kier alpha value is -1.10. The largest absolute Gasteiger partial charge is 0.481 e. The van der Waals surface area contributed by atoms with Crippen LogP contribution in [0.2, 0.25) is 0 Å². The molecule has 1 atom stereocenters. The van der Waals surface area contributed by atoms with Crippen LogP contribution in [-0.4, -0.2) is 29.1 Å². The number of carboxylic acids is 1. The van der Waals surface area contributed by atoms with Crippen molar-refractivity contribution in [3.63, 3.8) is 0 Å². The van der Waals surface area contributed by atoms with E-state index >= 15 is 0 Å². The number of aliphatic carboxylic acids is 1. The van der Waals surface area contributed by atoms with Crippen LogP contribution in [0.5, 0.6) is 0 Å². The molecule has 0 aliphatic heterocycles. The molecule has 0 saturated carbocycles. The fraction of sp³-hybridized carbons (Fsp3) is 0.833. The smallest absolute Gasteiger partial charge is 0.303 e. The molecule has 0 fully saturated rings. The summed E-state index contributed by atoms with van der Waals surface area (Å²) < 4.78 is 0. The Morgan fingerprint density at radius 2 is 1.88 bits per heavy atom. The normalized spacial score (nSPS) is 13.2. The predicted molar refractivity (Wildman–Crippen MR) is 66.5 cm³/mol. The maximum absolute atomic E-state index is 11.8. The highest BCUT2D eigenvalue weighted by Gasteiger charge is 2.29. The first-order valence-corrected chi connectivity index (χ1v) is 6.14. The third-order valence-electron chi connectivity index (χ3n) is 3.18. The van der Waals surface area contributed by atoms with E-state index < -0.39 is 11.5 Å². The third-order valence-corrected chi connectivity index (χ3v) is 3.18. The highest BCUT2D eigenvalue weighted by Crippen LogP contribution is 2.12. The Bertz CT molecular complexity index is 262. The van der Waals surface area contributed by atoms with E-state index in [1.165, 1.54) is 0 Å². The zero-order chi connectivity index (χ0) is 13.5. The average Bonchev–Trinajstić information content (AvgIpc) is 2.32. The molecule has 0 aliphatic carbocycles. The van der Waals surface area contributed by atoms with Crippen LogP contribution in [0.4, 0.5) is 0 Å². The quantitative estimate of drug-likeness (QED) is 0.596. The minimum atomic E-state index is -0.807. The average molecular weight is 244 g/mol. The van der Waals surface area contributed by atoms with E-state index in [4.69, 9.17) is 10.8 Å². The van der Waals surface area contributed by atoms with Gasteiger partial charge in [0, 0.05) is 13.0 Å². The summed E-state index contributed by atoms with van der Waals surface area (Å²) in [6.45, 7) is 6.16. The van der Waals surface area contributed by atoms with Crippen LogP contribution in [0.1, 0.15) is 46.5 Å². The number of carboxylic acid groups (broad SMARTS) is 1. The summed E-state index contributed by atoms with van der Waals surface area (Å²) in [5, 5.41) is 11.3. The van der Waals surface area contributed by atoms with E-state index in [1.807, 2.05) is 20.8 Å². The van der Waals surface area contributed by atoms with E-state index in [9.17, 15) is 9.59 Å². The SMILES string of the molecule is CCC(N)(CC)C(=O)NCC(C)CCC(=O)O. The maximum Gasteiger partial charge on any atom is 0.303 e. The molecular weight excluding hydrogens is 220 g/mol. The van der Waals surface area contributed by atoms with Gasteiger partial charge in [-0.1, -0.05) is 20.8 Å². The van der Waals surface area contributed by atoms with Gasteiger partial charge in [0.15, 0.2) is 0 Å². The number of amides is 1. The fourth-order valence-electron chi connectivity index (χ4n) is 1.49. The molecule has 0 rings (SSSR count). The molecule has 5 heteroatoms. The topological polar surface area (TPSA) is 92.4 Å². The lowest BCUT2D eigenvalue weighted by molar-refractivity contribution is -0.137.